The Hall–Kier alpha value is -2.24. The van der Waals surface area contributed by atoms with Crippen LogP contribution in [0.1, 0.15) is 30.1 Å². The molecule has 0 N–H and O–H groups in total. The maximum absolute atomic E-state index is 12.4. The Bertz CT molecular complexity index is 522. The fraction of sp³-hybridized carbons (Fsp3) is 0.529. The summed E-state index contributed by atoms with van der Waals surface area (Å²) in [6.07, 6.45) is 1.59. The molecule has 0 spiro atoms. The van der Waals surface area contributed by atoms with E-state index >= 15 is 0 Å². The number of benzene rings is 1. The summed E-state index contributed by atoms with van der Waals surface area (Å²) in [4.78, 5) is 27.7. The van der Waals surface area contributed by atoms with Crippen LogP contribution >= 0.6 is 0 Å². The SMILES string of the molecule is CCCCOC(=O)N1CCN(C(=O)c2ccc(OC)cc2)CC1. The first-order chi connectivity index (χ1) is 11.2. The molecular weight excluding hydrogens is 296 g/mol. The minimum atomic E-state index is -0.282. The molecule has 2 amide bonds. The number of amides is 2. The van der Waals surface area contributed by atoms with Crippen molar-refractivity contribution in [1.82, 2.24) is 9.80 Å². The number of nitrogens with zero attached hydrogens (tertiary/aromatic N) is 2. The van der Waals surface area contributed by atoms with Crippen molar-refractivity contribution < 1.29 is 19.1 Å². The van der Waals surface area contributed by atoms with E-state index in [1.54, 1.807) is 41.2 Å². The maximum Gasteiger partial charge on any atom is 0.409 e. The van der Waals surface area contributed by atoms with E-state index in [0.29, 0.717) is 38.3 Å². The van der Waals surface area contributed by atoms with Gasteiger partial charge < -0.3 is 19.3 Å². The van der Waals surface area contributed by atoms with Gasteiger partial charge in [-0.3, -0.25) is 4.79 Å². The van der Waals surface area contributed by atoms with Crippen molar-refractivity contribution in [3.8, 4) is 5.75 Å². The average Bonchev–Trinajstić information content (AvgIpc) is 2.61. The molecule has 6 nitrogen and oxygen atoms in total. The Morgan fingerprint density at radius 1 is 1.04 bits per heavy atom. The lowest BCUT2D eigenvalue weighted by Gasteiger charge is -2.34. The predicted molar refractivity (Wildman–Crippen MR) is 86.7 cm³/mol. The molecule has 1 aromatic rings. The molecule has 0 unspecified atom stereocenters. The van der Waals surface area contributed by atoms with Crippen LogP contribution in [0.3, 0.4) is 0 Å². The minimum Gasteiger partial charge on any atom is -0.497 e. The van der Waals surface area contributed by atoms with Gasteiger partial charge in [-0.1, -0.05) is 13.3 Å². The van der Waals surface area contributed by atoms with Gasteiger partial charge in [0, 0.05) is 31.7 Å². The van der Waals surface area contributed by atoms with Gasteiger partial charge in [0.05, 0.1) is 13.7 Å². The van der Waals surface area contributed by atoms with Gasteiger partial charge >= 0.3 is 6.09 Å². The molecule has 1 aromatic carbocycles. The summed E-state index contributed by atoms with van der Waals surface area (Å²) in [6.45, 7) is 4.57. The molecule has 0 bridgehead atoms. The number of carbonyl (C=O) groups excluding carboxylic acids is 2. The highest BCUT2D eigenvalue weighted by Crippen LogP contribution is 2.14. The second kappa shape index (κ2) is 8.41. The van der Waals surface area contributed by atoms with Gasteiger partial charge in [-0.25, -0.2) is 4.79 Å². The van der Waals surface area contributed by atoms with Gasteiger partial charge in [0.1, 0.15) is 5.75 Å². The fourth-order valence-corrected chi connectivity index (χ4v) is 2.40. The molecule has 0 radical (unpaired) electrons. The van der Waals surface area contributed by atoms with E-state index in [1.165, 1.54) is 0 Å². The zero-order valence-corrected chi connectivity index (χ0v) is 13.8. The van der Waals surface area contributed by atoms with Crippen LogP contribution < -0.4 is 4.74 Å². The molecule has 6 heteroatoms. The second-order valence-electron chi connectivity index (χ2n) is 5.48. The smallest absolute Gasteiger partial charge is 0.409 e. The molecule has 0 aromatic heterocycles. The van der Waals surface area contributed by atoms with E-state index in [2.05, 4.69) is 6.92 Å². The molecule has 23 heavy (non-hydrogen) atoms. The molecule has 126 valence electrons. The first-order valence-electron chi connectivity index (χ1n) is 8.00. The van der Waals surface area contributed by atoms with E-state index in [1.807, 2.05) is 0 Å². The number of methoxy groups -OCH3 is 1. The molecule has 1 aliphatic rings. The molecule has 1 fully saturated rings. The number of ether oxygens (including phenoxy) is 2. The quantitative estimate of drug-likeness (QED) is 0.782. The first kappa shape index (κ1) is 17.1. The Labute approximate surface area is 137 Å². The molecular formula is C17H24N2O4. The van der Waals surface area contributed by atoms with Crippen LogP contribution in [0, 0.1) is 0 Å². The Balaban J connectivity index is 1.83. The number of hydrogen-bond acceptors (Lipinski definition) is 4. The maximum atomic E-state index is 12.4. The lowest BCUT2D eigenvalue weighted by Crippen LogP contribution is -2.50. The van der Waals surface area contributed by atoms with Crippen molar-refractivity contribution in [2.45, 2.75) is 19.8 Å². The summed E-state index contributed by atoms with van der Waals surface area (Å²) in [7, 11) is 1.59. The second-order valence-corrected chi connectivity index (χ2v) is 5.48. The van der Waals surface area contributed by atoms with Crippen LogP contribution in [0.5, 0.6) is 5.75 Å². The first-order valence-corrected chi connectivity index (χ1v) is 8.00. The van der Waals surface area contributed by atoms with E-state index in [4.69, 9.17) is 9.47 Å². The number of carbonyl (C=O) groups is 2. The average molecular weight is 320 g/mol. The van der Waals surface area contributed by atoms with Gasteiger partial charge in [-0.15, -0.1) is 0 Å². The third-order valence-corrected chi connectivity index (χ3v) is 3.89. The van der Waals surface area contributed by atoms with Crippen LogP contribution in [0.15, 0.2) is 24.3 Å². The monoisotopic (exact) mass is 320 g/mol. The standard InChI is InChI=1S/C17H24N2O4/c1-3-4-13-23-17(21)19-11-9-18(10-12-19)16(20)14-5-7-15(22-2)8-6-14/h5-8H,3-4,9-13H2,1-2H3. The van der Waals surface area contributed by atoms with Crippen molar-refractivity contribution in [3.63, 3.8) is 0 Å². The summed E-state index contributed by atoms with van der Waals surface area (Å²) in [5.74, 6) is 0.702. The number of piperazine rings is 1. The summed E-state index contributed by atoms with van der Waals surface area (Å²) < 4.78 is 10.3. The van der Waals surface area contributed by atoms with E-state index in [-0.39, 0.29) is 12.0 Å². The molecule has 0 atom stereocenters. The molecule has 2 rings (SSSR count). The van der Waals surface area contributed by atoms with Gasteiger partial charge in [0.2, 0.25) is 0 Å². The minimum absolute atomic E-state index is 0.0216. The molecule has 0 aliphatic carbocycles. The topological polar surface area (TPSA) is 59.1 Å². The van der Waals surface area contributed by atoms with E-state index in [0.717, 1.165) is 18.6 Å². The normalized spacial score (nSPS) is 14.5. The van der Waals surface area contributed by atoms with Crippen LogP contribution in [0.2, 0.25) is 0 Å². The Morgan fingerprint density at radius 2 is 1.65 bits per heavy atom. The van der Waals surface area contributed by atoms with Gasteiger partial charge in [0.15, 0.2) is 0 Å². The van der Waals surface area contributed by atoms with Crippen LogP contribution in [0.25, 0.3) is 0 Å². The van der Waals surface area contributed by atoms with Crippen molar-refractivity contribution in [1.29, 1.82) is 0 Å². The van der Waals surface area contributed by atoms with Crippen molar-refractivity contribution in [3.05, 3.63) is 29.8 Å². The summed E-state index contributed by atoms with van der Waals surface area (Å²) in [5, 5.41) is 0. The molecule has 1 heterocycles. The molecule has 1 aliphatic heterocycles. The van der Waals surface area contributed by atoms with Gasteiger partial charge in [-0.2, -0.15) is 0 Å². The van der Waals surface area contributed by atoms with Crippen LogP contribution in [-0.2, 0) is 4.74 Å². The summed E-state index contributed by atoms with van der Waals surface area (Å²) in [5.41, 5.74) is 0.629. The van der Waals surface area contributed by atoms with E-state index < -0.39 is 0 Å². The fourth-order valence-electron chi connectivity index (χ4n) is 2.40. The molecule has 0 saturated carbocycles. The zero-order chi connectivity index (χ0) is 16.7. The van der Waals surface area contributed by atoms with Crippen molar-refractivity contribution in [2.24, 2.45) is 0 Å². The number of hydrogen-bond donors (Lipinski definition) is 0. The van der Waals surface area contributed by atoms with Gasteiger partial charge in [-0.05, 0) is 30.7 Å². The van der Waals surface area contributed by atoms with Crippen molar-refractivity contribution >= 4 is 12.0 Å². The lowest BCUT2D eigenvalue weighted by atomic mass is 10.1. The third-order valence-electron chi connectivity index (χ3n) is 3.89. The molecule has 1 saturated heterocycles. The highest BCUT2D eigenvalue weighted by molar-refractivity contribution is 5.94. The van der Waals surface area contributed by atoms with Crippen LogP contribution in [-0.4, -0.2) is 61.7 Å². The highest BCUT2D eigenvalue weighted by Gasteiger charge is 2.25. The van der Waals surface area contributed by atoms with Crippen molar-refractivity contribution in [2.75, 3.05) is 39.9 Å². The number of unbranched alkanes of at least 4 members (excludes halogenated alkanes) is 1. The zero-order valence-electron chi connectivity index (χ0n) is 13.8. The summed E-state index contributed by atoms with van der Waals surface area (Å²) >= 11 is 0. The highest BCUT2D eigenvalue weighted by atomic mass is 16.6. The number of rotatable bonds is 5. The van der Waals surface area contributed by atoms with Gasteiger partial charge in [0.25, 0.3) is 5.91 Å². The Kier molecular flexibility index (Phi) is 6.26. The van der Waals surface area contributed by atoms with Crippen LogP contribution in [0.4, 0.5) is 4.79 Å². The van der Waals surface area contributed by atoms with E-state index in [9.17, 15) is 9.59 Å². The predicted octanol–water partition coefficient (Wildman–Crippen LogP) is 2.39. The largest absolute Gasteiger partial charge is 0.497 e. The lowest BCUT2D eigenvalue weighted by molar-refractivity contribution is 0.0557. The summed E-state index contributed by atoms with van der Waals surface area (Å²) in [6, 6.07) is 7.06. The third kappa shape index (κ3) is 4.61. The Morgan fingerprint density at radius 3 is 2.22 bits per heavy atom.